The molecule has 3 aromatic rings. The van der Waals surface area contributed by atoms with Crippen molar-refractivity contribution >= 4 is 12.1 Å². The summed E-state index contributed by atoms with van der Waals surface area (Å²) < 4.78 is 16.6. The number of amides is 1. The van der Waals surface area contributed by atoms with Gasteiger partial charge in [-0.25, -0.2) is 9.59 Å². The maximum Gasteiger partial charge on any atom is 0.408 e. The van der Waals surface area contributed by atoms with Crippen molar-refractivity contribution in [2.75, 3.05) is 0 Å². The van der Waals surface area contributed by atoms with E-state index >= 15 is 0 Å². The van der Waals surface area contributed by atoms with E-state index in [-0.39, 0.29) is 6.61 Å². The van der Waals surface area contributed by atoms with Crippen LogP contribution in [-0.4, -0.2) is 17.7 Å². The highest BCUT2D eigenvalue weighted by Crippen LogP contribution is 2.21. The molecular weight excluding hydrogens is 418 g/mol. The van der Waals surface area contributed by atoms with Gasteiger partial charge in [-0.15, -0.1) is 0 Å². The Morgan fingerprint density at radius 1 is 0.788 bits per heavy atom. The molecule has 0 aliphatic rings. The van der Waals surface area contributed by atoms with Crippen molar-refractivity contribution in [2.24, 2.45) is 0 Å². The summed E-state index contributed by atoms with van der Waals surface area (Å²) in [5.74, 6) is 0.0685. The van der Waals surface area contributed by atoms with Crippen LogP contribution in [0.4, 0.5) is 4.79 Å². The van der Waals surface area contributed by atoms with Crippen molar-refractivity contribution in [3.63, 3.8) is 0 Å². The summed E-state index contributed by atoms with van der Waals surface area (Å²) in [7, 11) is 0. The van der Waals surface area contributed by atoms with Crippen LogP contribution < -0.4 is 10.1 Å². The summed E-state index contributed by atoms with van der Waals surface area (Å²) in [6.07, 6.45) is -0.700. The predicted octanol–water partition coefficient (Wildman–Crippen LogP) is 5.57. The molecule has 0 spiro atoms. The molecule has 0 radical (unpaired) electrons. The van der Waals surface area contributed by atoms with Gasteiger partial charge in [0.25, 0.3) is 0 Å². The van der Waals surface area contributed by atoms with Crippen molar-refractivity contribution in [3.05, 3.63) is 102 Å². The molecule has 6 heteroatoms. The van der Waals surface area contributed by atoms with Gasteiger partial charge in [-0.3, -0.25) is 0 Å². The zero-order valence-electron chi connectivity index (χ0n) is 19.1. The SMILES string of the molecule is CC(C)(C)OC(=O)N[C@H](C(=O)OCc1ccccc1)c1ccc(OCc2ccccc2)cc1. The second-order valence-corrected chi connectivity index (χ2v) is 8.52. The molecule has 33 heavy (non-hydrogen) atoms. The van der Waals surface area contributed by atoms with E-state index in [0.717, 1.165) is 11.1 Å². The van der Waals surface area contributed by atoms with Crippen LogP contribution >= 0.6 is 0 Å². The van der Waals surface area contributed by atoms with Gasteiger partial charge < -0.3 is 19.5 Å². The fraction of sp³-hybridized carbons (Fsp3) is 0.259. The molecule has 0 fully saturated rings. The van der Waals surface area contributed by atoms with Crippen molar-refractivity contribution < 1.29 is 23.8 Å². The minimum atomic E-state index is -1.02. The van der Waals surface area contributed by atoms with Crippen LogP contribution in [0, 0.1) is 0 Å². The molecule has 6 nitrogen and oxygen atoms in total. The zero-order chi connectivity index (χ0) is 23.7. The lowest BCUT2D eigenvalue weighted by Gasteiger charge is -2.23. The highest BCUT2D eigenvalue weighted by molar-refractivity contribution is 5.83. The molecule has 0 aromatic heterocycles. The number of rotatable bonds is 8. The summed E-state index contributed by atoms with van der Waals surface area (Å²) in [5.41, 5.74) is 1.77. The van der Waals surface area contributed by atoms with Gasteiger partial charge in [0.1, 0.15) is 24.6 Å². The molecule has 0 aliphatic carbocycles. The Labute approximate surface area is 194 Å². The van der Waals surface area contributed by atoms with Crippen LogP contribution in [0.5, 0.6) is 5.75 Å². The van der Waals surface area contributed by atoms with Gasteiger partial charge >= 0.3 is 12.1 Å². The number of benzene rings is 3. The first-order chi connectivity index (χ1) is 15.8. The third kappa shape index (κ3) is 8.00. The van der Waals surface area contributed by atoms with E-state index in [0.29, 0.717) is 17.9 Å². The number of hydrogen-bond donors (Lipinski definition) is 1. The van der Waals surface area contributed by atoms with Gasteiger partial charge in [0.05, 0.1) is 0 Å². The first kappa shape index (κ1) is 23.9. The lowest BCUT2D eigenvalue weighted by Crippen LogP contribution is -2.38. The maximum absolute atomic E-state index is 12.9. The second kappa shape index (κ2) is 11.2. The quantitative estimate of drug-likeness (QED) is 0.457. The lowest BCUT2D eigenvalue weighted by atomic mass is 10.1. The van der Waals surface area contributed by atoms with Gasteiger partial charge in [-0.1, -0.05) is 72.8 Å². The lowest BCUT2D eigenvalue weighted by molar-refractivity contribution is -0.147. The van der Waals surface area contributed by atoms with E-state index in [4.69, 9.17) is 14.2 Å². The molecule has 0 saturated carbocycles. The molecule has 172 valence electrons. The fourth-order valence-corrected chi connectivity index (χ4v) is 3.01. The number of ether oxygens (including phenoxy) is 3. The Morgan fingerprint density at radius 3 is 1.88 bits per heavy atom. The molecule has 0 heterocycles. The van der Waals surface area contributed by atoms with Crippen molar-refractivity contribution in [2.45, 2.75) is 45.6 Å². The highest BCUT2D eigenvalue weighted by Gasteiger charge is 2.27. The fourth-order valence-electron chi connectivity index (χ4n) is 3.01. The van der Waals surface area contributed by atoms with Gasteiger partial charge in [0.15, 0.2) is 6.04 Å². The summed E-state index contributed by atoms with van der Waals surface area (Å²) in [6, 6.07) is 25.1. The monoisotopic (exact) mass is 447 g/mol. The number of hydrogen-bond acceptors (Lipinski definition) is 5. The average Bonchev–Trinajstić information content (AvgIpc) is 2.80. The van der Waals surface area contributed by atoms with E-state index in [1.165, 1.54) is 0 Å². The molecule has 3 aromatic carbocycles. The predicted molar refractivity (Wildman–Crippen MR) is 126 cm³/mol. The van der Waals surface area contributed by atoms with E-state index in [2.05, 4.69) is 5.32 Å². The van der Waals surface area contributed by atoms with Crippen molar-refractivity contribution in [3.8, 4) is 5.75 Å². The Morgan fingerprint density at radius 2 is 1.33 bits per heavy atom. The van der Waals surface area contributed by atoms with E-state index in [1.807, 2.05) is 60.7 Å². The van der Waals surface area contributed by atoms with Crippen LogP contribution in [0.2, 0.25) is 0 Å². The third-order valence-electron chi connectivity index (χ3n) is 4.58. The Bertz CT molecular complexity index is 1030. The standard InChI is InChI=1S/C27H29NO5/c1-27(2,3)33-26(30)28-24(25(29)32-19-21-12-8-5-9-13-21)22-14-16-23(17-15-22)31-18-20-10-6-4-7-11-20/h4-17,24H,18-19H2,1-3H3,(H,28,30)/t24-/m0/s1. The van der Waals surface area contributed by atoms with Gasteiger partial charge in [-0.2, -0.15) is 0 Å². The van der Waals surface area contributed by atoms with Crippen LogP contribution in [0.25, 0.3) is 0 Å². The minimum Gasteiger partial charge on any atom is -0.489 e. The molecule has 0 bridgehead atoms. The molecule has 1 amide bonds. The van der Waals surface area contributed by atoms with E-state index in [9.17, 15) is 9.59 Å². The Balaban J connectivity index is 1.70. The van der Waals surface area contributed by atoms with Crippen LogP contribution in [0.15, 0.2) is 84.9 Å². The number of nitrogens with one attached hydrogen (secondary N) is 1. The minimum absolute atomic E-state index is 0.102. The number of alkyl carbamates (subject to hydrolysis) is 1. The first-order valence-corrected chi connectivity index (χ1v) is 10.8. The average molecular weight is 448 g/mol. The molecule has 0 unspecified atom stereocenters. The van der Waals surface area contributed by atoms with Gasteiger partial charge in [-0.05, 0) is 49.6 Å². The molecule has 1 N–H and O–H groups in total. The summed E-state index contributed by atoms with van der Waals surface area (Å²) >= 11 is 0. The van der Waals surface area contributed by atoms with Gasteiger partial charge in [0, 0.05) is 0 Å². The molecular formula is C27H29NO5. The molecule has 1 atom stereocenters. The zero-order valence-corrected chi connectivity index (χ0v) is 19.1. The number of carbonyl (C=O) groups excluding carboxylic acids is 2. The van der Waals surface area contributed by atoms with Crippen LogP contribution in [-0.2, 0) is 27.5 Å². The normalized spacial score (nSPS) is 11.8. The third-order valence-corrected chi connectivity index (χ3v) is 4.58. The van der Waals surface area contributed by atoms with Crippen molar-refractivity contribution in [1.29, 1.82) is 0 Å². The summed E-state index contributed by atoms with van der Waals surface area (Å²) in [4.78, 5) is 25.3. The molecule has 3 rings (SSSR count). The smallest absolute Gasteiger partial charge is 0.408 e. The largest absolute Gasteiger partial charge is 0.489 e. The summed E-state index contributed by atoms with van der Waals surface area (Å²) in [5, 5.41) is 2.63. The topological polar surface area (TPSA) is 73.9 Å². The van der Waals surface area contributed by atoms with E-state index < -0.39 is 23.7 Å². The van der Waals surface area contributed by atoms with Crippen molar-refractivity contribution in [1.82, 2.24) is 5.32 Å². The Kier molecular flexibility index (Phi) is 8.08. The van der Waals surface area contributed by atoms with E-state index in [1.54, 1.807) is 45.0 Å². The highest BCUT2D eigenvalue weighted by atomic mass is 16.6. The first-order valence-electron chi connectivity index (χ1n) is 10.8. The molecule has 0 saturated heterocycles. The van der Waals surface area contributed by atoms with Gasteiger partial charge in [0.2, 0.25) is 0 Å². The second-order valence-electron chi connectivity index (χ2n) is 8.52. The van der Waals surface area contributed by atoms with Crippen LogP contribution in [0.3, 0.4) is 0 Å². The van der Waals surface area contributed by atoms with Crippen LogP contribution in [0.1, 0.15) is 43.5 Å². The maximum atomic E-state index is 12.9. The summed E-state index contributed by atoms with van der Waals surface area (Å²) in [6.45, 7) is 5.81. The Hall–Kier alpha value is -3.80. The number of carbonyl (C=O) groups is 2. The number of esters is 1. The molecule has 0 aliphatic heterocycles.